The van der Waals surface area contributed by atoms with Crippen molar-refractivity contribution in [1.82, 2.24) is 9.78 Å². The minimum Gasteiger partial charge on any atom is -0.322 e. The molecule has 2 aromatic carbocycles. The average molecular weight is 388 g/mol. The number of amides is 1. The summed E-state index contributed by atoms with van der Waals surface area (Å²) in [6.07, 6.45) is 1.79. The van der Waals surface area contributed by atoms with Gasteiger partial charge in [0.25, 0.3) is 5.91 Å². The van der Waals surface area contributed by atoms with Gasteiger partial charge in [0.05, 0.1) is 16.1 Å². The first kappa shape index (κ1) is 18.2. The van der Waals surface area contributed by atoms with E-state index in [1.807, 2.05) is 72.1 Å². The Bertz CT molecular complexity index is 1070. The lowest BCUT2D eigenvalue weighted by atomic mass is 10.0. The smallest absolute Gasteiger partial charge is 0.259 e. The van der Waals surface area contributed by atoms with Gasteiger partial charge in [0.2, 0.25) is 0 Å². The molecule has 0 aliphatic carbocycles. The van der Waals surface area contributed by atoms with Crippen molar-refractivity contribution in [3.8, 4) is 16.3 Å². The molecule has 140 valence electrons. The minimum absolute atomic E-state index is 0.164. The van der Waals surface area contributed by atoms with Crippen molar-refractivity contribution in [3.05, 3.63) is 89.4 Å². The Morgan fingerprint density at radius 3 is 2.39 bits per heavy atom. The van der Waals surface area contributed by atoms with Gasteiger partial charge in [0.15, 0.2) is 0 Å². The molecule has 1 amide bonds. The van der Waals surface area contributed by atoms with Gasteiger partial charge in [-0.3, -0.25) is 4.79 Å². The minimum atomic E-state index is -0.164. The molecule has 5 heteroatoms. The van der Waals surface area contributed by atoms with Gasteiger partial charge in [-0.25, -0.2) is 4.68 Å². The summed E-state index contributed by atoms with van der Waals surface area (Å²) in [6, 6.07) is 21.7. The topological polar surface area (TPSA) is 46.9 Å². The molecule has 0 radical (unpaired) electrons. The van der Waals surface area contributed by atoms with E-state index in [-0.39, 0.29) is 5.91 Å². The molecular weight excluding hydrogens is 366 g/mol. The number of carbonyl (C=O) groups is 1. The van der Waals surface area contributed by atoms with Crippen molar-refractivity contribution in [1.29, 1.82) is 0 Å². The molecule has 0 saturated carbocycles. The number of para-hydroxylation sites is 1. The van der Waals surface area contributed by atoms with Crippen LogP contribution in [0.4, 0.5) is 5.69 Å². The van der Waals surface area contributed by atoms with Crippen LogP contribution in [0.1, 0.15) is 35.7 Å². The average Bonchev–Trinajstić information content (AvgIpc) is 3.39. The Kier molecular flexibility index (Phi) is 5.08. The highest BCUT2D eigenvalue weighted by atomic mass is 32.1. The van der Waals surface area contributed by atoms with Crippen LogP contribution in [0.25, 0.3) is 16.3 Å². The van der Waals surface area contributed by atoms with Crippen molar-refractivity contribution >= 4 is 22.9 Å². The first-order valence-corrected chi connectivity index (χ1v) is 10.1. The van der Waals surface area contributed by atoms with Crippen LogP contribution >= 0.6 is 11.3 Å². The molecule has 0 saturated heterocycles. The molecular formula is C23H21N3OS. The first-order chi connectivity index (χ1) is 13.6. The van der Waals surface area contributed by atoms with E-state index in [0.717, 1.165) is 16.3 Å². The van der Waals surface area contributed by atoms with Crippen molar-refractivity contribution in [2.75, 3.05) is 5.32 Å². The fourth-order valence-corrected chi connectivity index (χ4v) is 3.72. The van der Waals surface area contributed by atoms with E-state index in [4.69, 9.17) is 0 Å². The van der Waals surface area contributed by atoms with Gasteiger partial charge in [-0.05, 0) is 47.2 Å². The Balaban J connectivity index is 1.67. The number of carbonyl (C=O) groups excluding carboxylic acids is 1. The summed E-state index contributed by atoms with van der Waals surface area (Å²) in [5.41, 5.74) is 4.18. The molecule has 0 spiro atoms. The third-order valence-electron chi connectivity index (χ3n) is 4.57. The van der Waals surface area contributed by atoms with E-state index in [1.165, 1.54) is 5.56 Å². The van der Waals surface area contributed by atoms with Gasteiger partial charge < -0.3 is 5.32 Å². The second-order valence-corrected chi connectivity index (χ2v) is 7.83. The van der Waals surface area contributed by atoms with Crippen molar-refractivity contribution in [3.63, 3.8) is 0 Å². The summed E-state index contributed by atoms with van der Waals surface area (Å²) in [5.74, 6) is 0.294. The summed E-state index contributed by atoms with van der Waals surface area (Å²) >= 11 is 1.57. The number of hydrogen-bond acceptors (Lipinski definition) is 3. The molecule has 4 aromatic rings. The monoisotopic (exact) mass is 387 g/mol. The maximum atomic E-state index is 13.0. The molecule has 0 fully saturated rings. The molecule has 1 N–H and O–H groups in total. The lowest BCUT2D eigenvalue weighted by Crippen LogP contribution is -2.12. The SMILES string of the molecule is CC(C)c1ccc(NC(=O)c2cn(-c3ccccc3)nc2-c2cccs2)cc1. The normalized spacial score (nSPS) is 11.0. The van der Waals surface area contributed by atoms with Gasteiger partial charge in [-0.1, -0.05) is 50.2 Å². The molecule has 0 unspecified atom stereocenters. The second-order valence-electron chi connectivity index (χ2n) is 6.88. The lowest BCUT2D eigenvalue weighted by molar-refractivity contribution is 0.102. The highest BCUT2D eigenvalue weighted by Crippen LogP contribution is 2.28. The lowest BCUT2D eigenvalue weighted by Gasteiger charge is -2.08. The number of hydrogen-bond donors (Lipinski definition) is 1. The zero-order valence-electron chi connectivity index (χ0n) is 15.8. The fraction of sp³-hybridized carbons (Fsp3) is 0.130. The third kappa shape index (κ3) is 3.75. The van der Waals surface area contributed by atoms with Gasteiger partial charge in [-0.2, -0.15) is 5.10 Å². The molecule has 0 atom stereocenters. The number of nitrogens with one attached hydrogen (secondary N) is 1. The second kappa shape index (κ2) is 7.82. The number of benzene rings is 2. The van der Waals surface area contributed by atoms with Gasteiger partial charge in [-0.15, -0.1) is 11.3 Å². The van der Waals surface area contributed by atoms with Gasteiger partial charge in [0, 0.05) is 11.9 Å². The highest BCUT2D eigenvalue weighted by molar-refractivity contribution is 7.13. The van der Waals surface area contributed by atoms with Crippen LogP contribution in [0.2, 0.25) is 0 Å². The zero-order chi connectivity index (χ0) is 19.5. The number of thiophene rings is 1. The van der Waals surface area contributed by atoms with Crippen LogP contribution in [0.3, 0.4) is 0 Å². The highest BCUT2D eigenvalue weighted by Gasteiger charge is 2.19. The number of nitrogens with zero attached hydrogens (tertiary/aromatic N) is 2. The molecule has 4 rings (SSSR count). The maximum Gasteiger partial charge on any atom is 0.259 e. The van der Waals surface area contributed by atoms with Gasteiger partial charge in [0.1, 0.15) is 5.69 Å². The van der Waals surface area contributed by atoms with Crippen LogP contribution in [-0.4, -0.2) is 15.7 Å². The quantitative estimate of drug-likeness (QED) is 0.458. The first-order valence-electron chi connectivity index (χ1n) is 9.22. The Labute approximate surface area is 168 Å². The third-order valence-corrected chi connectivity index (χ3v) is 5.45. The van der Waals surface area contributed by atoms with Gasteiger partial charge >= 0.3 is 0 Å². The van der Waals surface area contributed by atoms with Crippen LogP contribution in [0, 0.1) is 0 Å². The zero-order valence-corrected chi connectivity index (χ0v) is 16.6. The van der Waals surface area contributed by atoms with Crippen LogP contribution in [0.5, 0.6) is 0 Å². The maximum absolute atomic E-state index is 13.0. The van der Waals surface area contributed by atoms with E-state index in [0.29, 0.717) is 17.2 Å². The predicted octanol–water partition coefficient (Wildman–Crippen LogP) is 5.98. The molecule has 0 bridgehead atoms. The number of aromatic nitrogens is 2. The Hall–Kier alpha value is -3.18. The van der Waals surface area contributed by atoms with Crippen LogP contribution in [0.15, 0.2) is 78.3 Å². The van der Waals surface area contributed by atoms with E-state index in [2.05, 4.69) is 24.3 Å². The number of anilines is 1. The number of rotatable bonds is 5. The summed E-state index contributed by atoms with van der Waals surface area (Å²) in [5, 5.41) is 9.68. The van der Waals surface area contributed by atoms with E-state index < -0.39 is 0 Å². The molecule has 0 aliphatic heterocycles. The summed E-state index contributed by atoms with van der Waals surface area (Å²) < 4.78 is 1.76. The fourth-order valence-electron chi connectivity index (χ4n) is 3.00. The standard InChI is InChI=1S/C23H21N3OS/c1-16(2)17-10-12-18(13-11-17)24-23(27)20-15-26(19-7-4-3-5-8-19)25-22(20)21-9-6-14-28-21/h3-16H,1-2H3,(H,24,27). The van der Waals surface area contributed by atoms with E-state index >= 15 is 0 Å². The predicted molar refractivity (Wildman–Crippen MR) is 115 cm³/mol. The molecule has 2 aromatic heterocycles. The Morgan fingerprint density at radius 2 is 1.75 bits per heavy atom. The van der Waals surface area contributed by atoms with E-state index in [9.17, 15) is 4.79 Å². The Morgan fingerprint density at radius 1 is 1.00 bits per heavy atom. The van der Waals surface area contributed by atoms with Crippen molar-refractivity contribution in [2.45, 2.75) is 19.8 Å². The summed E-state index contributed by atoms with van der Waals surface area (Å²) in [6.45, 7) is 4.30. The summed E-state index contributed by atoms with van der Waals surface area (Å²) in [7, 11) is 0. The van der Waals surface area contributed by atoms with Crippen molar-refractivity contribution in [2.24, 2.45) is 0 Å². The van der Waals surface area contributed by atoms with Crippen LogP contribution < -0.4 is 5.32 Å². The molecule has 28 heavy (non-hydrogen) atoms. The molecule has 4 nitrogen and oxygen atoms in total. The molecule has 2 heterocycles. The largest absolute Gasteiger partial charge is 0.322 e. The summed E-state index contributed by atoms with van der Waals surface area (Å²) in [4.78, 5) is 14.0. The van der Waals surface area contributed by atoms with Crippen molar-refractivity contribution < 1.29 is 4.79 Å². The molecule has 0 aliphatic rings. The van der Waals surface area contributed by atoms with E-state index in [1.54, 1.807) is 22.2 Å². The van der Waals surface area contributed by atoms with Crippen LogP contribution in [-0.2, 0) is 0 Å².